The normalized spacial score (nSPS) is 22.6. The average molecular weight is 329 g/mol. The Morgan fingerprint density at radius 2 is 2.16 bits per heavy atom. The number of primary amides is 1. The molecule has 1 fully saturated rings. The number of rotatable bonds is 2. The highest BCUT2D eigenvalue weighted by Crippen LogP contribution is 2.30. The van der Waals surface area contributed by atoms with Gasteiger partial charge in [-0.15, -0.1) is 0 Å². The zero-order valence-electron chi connectivity index (χ0n) is 10.5. The van der Waals surface area contributed by atoms with Gasteiger partial charge in [0.05, 0.1) is 9.89 Å². The summed E-state index contributed by atoms with van der Waals surface area (Å²) in [6.07, 6.45) is 0.552. The van der Waals surface area contributed by atoms with Gasteiger partial charge in [0.25, 0.3) is 5.91 Å². The number of benzene rings is 1. The van der Waals surface area contributed by atoms with Crippen molar-refractivity contribution >= 4 is 27.7 Å². The molecule has 102 valence electrons. The lowest BCUT2D eigenvalue weighted by Gasteiger charge is -2.21. The number of nitrogens with two attached hydrogens (primary N) is 1. The van der Waals surface area contributed by atoms with E-state index in [1.54, 1.807) is 11.8 Å². The SMILES string of the molecule is CC1(C(N)=O)CCN(C(=O)c2ccc(F)c(Br)c2)C1. The van der Waals surface area contributed by atoms with Crippen molar-refractivity contribution in [3.63, 3.8) is 0 Å². The van der Waals surface area contributed by atoms with Crippen LogP contribution in [0.5, 0.6) is 0 Å². The Hall–Kier alpha value is -1.43. The first-order valence-corrected chi connectivity index (χ1v) is 6.67. The molecule has 19 heavy (non-hydrogen) atoms. The molecule has 1 aromatic rings. The van der Waals surface area contributed by atoms with E-state index in [-0.39, 0.29) is 10.4 Å². The van der Waals surface area contributed by atoms with Gasteiger partial charge in [0.2, 0.25) is 5.91 Å². The highest BCUT2D eigenvalue weighted by Gasteiger charge is 2.40. The predicted octanol–water partition coefficient (Wildman–Crippen LogP) is 1.93. The first-order valence-electron chi connectivity index (χ1n) is 5.88. The number of hydrogen-bond donors (Lipinski definition) is 1. The molecule has 1 aromatic carbocycles. The maximum absolute atomic E-state index is 13.1. The maximum atomic E-state index is 13.1. The zero-order chi connectivity index (χ0) is 14.2. The summed E-state index contributed by atoms with van der Waals surface area (Å²) in [4.78, 5) is 25.2. The van der Waals surface area contributed by atoms with Crippen LogP contribution in [0.1, 0.15) is 23.7 Å². The summed E-state index contributed by atoms with van der Waals surface area (Å²) < 4.78 is 13.4. The maximum Gasteiger partial charge on any atom is 0.253 e. The fourth-order valence-corrected chi connectivity index (χ4v) is 2.53. The van der Waals surface area contributed by atoms with Crippen LogP contribution in [-0.2, 0) is 4.79 Å². The van der Waals surface area contributed by atoms with Gasteiger partial charge in [-0.25, -0.2) is 4.39 Å². The number of halogens is 2. The second-order valence-corrected chi connectivity index (χ2v) is 5.88. The molecular weight excluding hydrogens is 315 g/mol. The Morgan fingerprint density at radius 3 is 2.68 bits per heavy atom. The largest absolute Gasteiger partial charge is 0.369 e. The van der Waals surface area contributed by atoms with Crippen molar-refractivity contribution in [1.29, 1.82) is 0 Å². The summed E-state index contributed by atoms with van der Waals surface area (Å²) in [6, 6.07) is 4.11. The molecule has 1 unspecified atom stereocenters. The molecule has 0 aliphatic carbocycles. The van der Waals surface area contributed by atoms with E-state index in [4.69, 9.17) is 5.73 Å². The molecule has 1 atom stereocenters. The minimum atomic E-state index is -0.674. The molecule has 1 aliphatic rings. The molecule has 0 saturated carbocycles. The van der Waals surface area contributed by atoms with E-state index in [0.717, 1.165) is 0 Å². The highest BCUT2D eigenvalue weighted by molar-refractivity contribution is 9.10. The lowest BCUT2D eigenvalue weighted by Crippen LogP contribution is -2.38. The third-order valence-electron chi connectivity index (χ3n) is 3.52. The predicted molar refractivity (Wildman–Crippen MR) is 71.9 cm³/mol. The summed E-state index contributed by atoms with van der Waals surface area (Å²) in [6.45, 7) is 2.53. The molecule has 2 rings (SSSR count). The minimum absolute atomic E-state index is 0.217. The second kappa shape index (κ2) is 4.92. The third-order valence-corrected chi connectivity index (χ3v) is 4.13. The van der Waals surface area contributed by atoms with Crippen LogP contribution < -0.4 is 5.73 Å². The van der Waals surface area contributed by atoms with Gasteiger partial charge in [-0.2, -0.15) is 0 Å². The molecule has 2 amide bonds. The van der Waals surface area contributed by atoms with Crippen LogP contribution in [-0.4, -0.2) is 29.8 Å². The summed E-state index contributed by atoms with van der Waals surface area (Å²) >= 11 is 3.05. The van der Waals surface area contributed by atoms with Gasteiger partial charge in [0.15, 0.2) is 0 Å². The standard InChI is InChI=1S/C13H14BrFN2O2/c1-13(12(16)19)4-5-17(7-13)11(18)8-2-3-10(15)9(14)6-8/h2-3,6H,4-5,7H2,1H3,(H2,16,19). The molecule has 4 nitrogen and oxygen atoms in total. The Balaban J connectivity index is 2.18. The summed E-state index contributed by atoms with van der Waals surface area (Å²) in [5.74, 6) is -1.03. The number of carbonyl (C=O) groups excluding carboxylic acids is 2. The fourth-order valence-electron chi connectivity index (χ4n) is 2.15. The van der Waals surface area contributed by atoms with Crippen molar-refractivity contribution in [2.75, 3.05) is 13.1 Å². The van der Waals surface area contributed by atoms with Gasteiger partial charge in [-0.05, 0) is 47.5 Å². The summed E-state index contributed by atoms with van der Waals surface area (Å²) in [5, 5.41) is 0. The lowest BCUT2D eigenvalue weighted by molar-refractivity contribution is -0.126. The van der Waals surface area contributed by atoms with Crippen molar-refractivity contribution in [2.45, 2.75) is 13.3 Å². The topological polar surface area (TPSA) is 63.4 Å². The molecule has 6 heteroatoms. The molecule has 0 aromatic heterocycles. The van der Waals surface area contributed by atoms with Crippen LogP contribution in [0.4, 0.5) is 4.39 Å². The van der Waals surface area contributed by atoms with Crippen molar-refractivity contribution in [1.82, 2.24) is 4.90 Å². The van der Waals surface area contributed by atoms with Gasteiger partial charge >= 0.3 is 0 Å². The molecule has 1 saturated heterocycles. The van der Waals surface area contributed by atoms with Crippen LogP contribution in [0.15, 0.2) is 22.7 Å². The van der Waals surface area contributed by atoms with E-state index < -0.39 is 17.1 Å². The number of likely N-dealkylation sites (tertiary alicyclic amines) is 1. The first kappa shape index (κ1) is 14.0. The van der Waals surface area contributed by atoms with Crippen LogP contribution in [0, 0.1) is 11.2 Å². The third kappa shape index (κ3) is 2.63. The number of hydrogen-bond acceptors (Lipinski definition) is 2. The monoisotopic (exact) mass is 328 g/mol. The van der Waals surface area contributed by atoms with E-state index in [1.807, 2.05) is 0 Å². The van der Waals surface area contributed by atoms with E-state index in [9.17, 15) is 14.0 Å². The molecule has 1 heterocycles. The quantitative estimate of drug-likeness (QED) is 0.901. The van der Waals surface area contributed by atoms with E-state index in [0.29, 0.717) is 25.1 Å². The number of amides is 2. The van der Waals surface area contributed by atoms with Gasteiger partial charge < -0.3 is 10.6 Å². The van der Waals surface area contributed by atoms with Gasteiger partial charge in [-0.3, -0.25) is 9.59 Å². The minimum Gasteiger partial charge on any atom is -0.369 e. The van der Waals surface area contributed by atoms with Crippen molar-refractivity contribution in [3.05, 3.63) is 34.1 Å². The zero-order valence-corrected chi connectivity index (χ0v) is 12.0. The number of carbonyl (C=O) groups is 2. The molecule has 0 spiro atoms. The van der Waals surface area contributed by atoms with Gasteiger partial charge in [0, 0.05) is 18.7 Å². The Kier molecular flexibility index (Phi) is 3.62. The second-order valence-electron chi connectivity index (χ2n) is 5.03. The van der Waals surface area contributed by atoms with Crippen molar-refractivity contribution in [2.24, 2.45) is 11.1 Å². The highest BCUT2D eigenvalue weighted by atomic mass is 79.9. The van der Waals surface area contributed by atoms with Crippen LogP contribution >= 0.6 is 15.9 Å². The van der Waals surface area contributed by atoms with E-state index >= 15 is 0 Å². The molecule has 0 bridgehead atoms. The smallest absolute Gasteiger partial charge is 0.253 e. The Morgan fingerprint density at radius 1 is 1.47 bits per heavy atom. The summed E-state index contributed by atoms with van der Waals surface area (Å²) in [7, 11) is 0. The van der Waals surface area contributed by atoms with Crippen LogP contribution in [0.25, 0.3) is 0 Å². The molecule has 2 N–H and O–H groups in total. The Labute approximate surface area is 118 Å². The molecule has 0 radical (unpaired) electrons. The van der Waals surface area contributed by atoms with Gasteiger partial charge in [-0.1, -0.05) is 0 Å². The summed E-state index contributed by atoms with van der Waals surface area (Å²) in [5.41, 5.74) is 5.06. The fraction of sp³-hybridized carbons (Fsp3) is 0.385. The average Bonchev–Trinajstić information content (AvgIpc) is 2.76. The Bertz CT molecular complexity index is 549. The van der Waals surface area contributed by atoms with Gasteiger partial charge in [0.1, 0.15) is 5.82 Å². The van der Waals surface area contributed by atoms with Crippen LogP contribution in [0.2, 0.25) is 0 Å². The lowest BCUT2D eigenvalue weighted by atomic mass is 9.89. The molecular formula is C13H14BrFN2O2. The van der Waals surface area contributed by atoms with Crippen molar-refractivity contribution in [3.8, 4) is 0 Å². The number of nitrogens with zero attached hydrogens (tertiary/aromatic N) is 1. The van der Waals surface area contributed by atoms with Crippen molar-refractivity contribution < 1.29 is 14.0 Å². The van der Waals surface area contributed by atoms with E-state index in [1.165, 1.54) is 18.2 Å². The molecule has 1 aliphatic heterocycles. The first-order chi connectivity index (χ1) is 8.83. The van der Waals surface area contributed by atoms with E-state index in [2.05, 4.69) is 15.9 Å². The van der Waals surface area contributed by atoms with Crippen LogP contribution in [0.3, 0.4) is 0 Å².